The van der Waals surface area contributed by atoms with Crippen LogP contribution in [0.5, 0.6) is 0 Å². The van der Waals surface area contributed by atoms with Crippen molar-refractivity contribution in [3.8, 4) is 0 Å². The summed E-state index contributed by atoms with van der Waals surface area (Å²) in [5.41, 5.74) is 2.51. The summed E-state index contributed by atoms with van der Waals surface area (Å²) in [4.78, 5) is 4.26. The van der Waals surface area contributed by atoms with Crippen LogP contribution in [0.3, 0.4) is 0 Å². The highest BCUT2D eigenvalue weighted by atomic mass is 15.4. The first-order valence-electron chi connectivity index (χ1n) is 6.39. The second kappa shape index (κ2) is 5.67. The van der Waals surface area contributed by atoms with E-state index in [-0.39, 0.29) is 0 Å². The summed E-state index contributed by atoms with van der Waals surface area (Å²) in [6.45, 7) is 7.13. The van der Waals surface area contributed by atoms with Crippen molar-refractivity contribution in [1.82, 2.24) is 14.8 Å². The van der Waals surface area contributed by atoms with Crippen LogP contribution in [-0.4, -0.2) is 20.8 Å². The predicted molar refractivity (Wildman–Crippen MR) is 73.7 cm³/mol. The lowest BCUT2D eigenvalue weighted by atomic mass is 10.1. The smallest absolute Gasteiger partial charge is 0.242 e. The van der Waals surface area contributed by atoms with Crippen LogP contribution in [0.25, 0.3) is 0 Å². The maximum absolute atomic E-state index is 4.42. The van der Waals surface area contributed by atoms with Gasteiger partial charge in [-0.05, 0) is 25.8 Å². The zero-order valence-corrected chi connectivity index (χ0v) is 11.2. The summed E-state index contributed by atoms with van der Waals surface area (Å²) in [6.07, 6.45) is 2.83. The largest absolute Gasteiger partial charge is 0.351 e. The minimum absolute atomic E-state index is 0.403. The lowest BCUT2D eigenvalue weighted by Gasteiger charge is -2.08. The molecular weight excluding hydrogens is 224 g/mol. The molecule has 0 saturated carbocycles. The predicted octanol–water partition coefficient (Wildman–Crippen LogP) is 2.85. The standard InChI is InChI=1S/C14H20N4/c1-4-12(3)16-14-15-10-18(17-14)9-13-7-5-6-11(2)8-13/h5-8,10,12H,4,9H2,1-3H3,(H,16,17). The van der Waals surface area contributed by atoms with Crippen molar-refractivity contribution in [3.05, 3.63) is 41.7 Å². The molecule has 0 saturated heterocycles. The lowest BCUT2D eigenvalue weighted by molar-refractivity contribution is 0.679. The highest BCUT2D eigenvalue weighted by molar-refractivity contribution is 5.24. The van der Waals surface area contributed by atoms with Crippen molar-refractivity contribution in [2.24, 2.45) is 0 Å². The molecule has 1 atom stereocenters. The molecule has 2 rings (SSSR count). The van der Waals surface area contributed by atoms with E-state index in [4.69, 9.17) is 0 Å². The van der Waals surface area contributed by atoms with E-state index in [0.717, 1.165) is 13.0 Å². The van der Waals surface area contributed by atoms with Crippen LogP contribution < -0.4 is 5.32 Å². The minimum Gasteiger partial charge on any atom is -0.351 e. The van der Waals surface area contributed by atoms with E-state index in [1.54, 1.807) is 6.33 Å². The highest BCUT2D eigenvalue weighted by Crippen LogP contribution is 2.07. The maximum Gasteiger partial charge on any atom is 0.242 e. The van der Waals surface area contributed by atoms with Gasteiger partial charge in [0.15, 0.2) is 0 Å². The molecule has 0 radical (unpaired) electrons. The maximum atomic E-state index is 4.42. The van der Waals surface area contributed by atoms with Crippen molar-refractivity contribution < 1.29 is 0 Å². The molecule has 4 nitrogen and oxygen atoms in total. The molecule has 1 unspecified atom stereocenters. The summed E-state index contributed by atoms with van der Waals surface area (Å²) in [7, 11) is 0. The average molecular weight is 244 g/mol. The van der Waals surface area contributed by atoms with Crippen LogP contribution in [0.15, 0.2) is 30.6 Å². The van der Waals surface area contributed by atoms with Crippen molar-refractivity contribution in [3.63, 3.8) is 0 Å². The Bertz CT molecular complexity index is 504. The second-order valence-corrected chi connectivity index (χ2v) is 4.71. The van der Waals surface area contributed by atoms with Crippen LogP contribution in [0.4, 0.5) is 5.95 Å². The molecule has 1 aromatic carbocycles. The van der Waals surface area contributed by atoms with Crippen molar-refractivity contribution in [1.29, 1.82) is 0 Å². The molecule has 0 amide bonds. The van der Waals surface area contributed by atoms with Crippen LogP contribution in [0, 0.1) is 6.92 Å². The normalized spacial score (nSPS) is 12.4. The van der Waals surface area contributed by atoms with E-state index >= 15 is 0 Å². The van der Waals surface area contributed by atoms with E-state index in [9.17, 15) is 0 Å². The molecule has 4 heteroatoms. The summed E-state index contributed by atoms with van der Waals surface area (Å²) in [5.74, 6) is 0.706. The van der Waals surface area contributed by atoms with Gasteiger partial charge in [-0.2, -0.15) is 0 Å². The van der Waals surface area contributed by atoms with Gasteiger partial charge < -0.3 is 5.32 Å². The second-order valence-electron chi connectivity index (χ2n) is 4.71. The van der Waals surface area contributed by atoms with Gasteiger partial charge in [-0.1, -0.05) is 36.8 Å². The summed E-state index contributed by atoms with van der Waals surface area (Å²) in [5, 5.41) is 7.68. The molecular formula is C14H20N4. The van der Waals surface area contributed by atoms with Crippen molar-refractivity contribution in [2.75, 3.05) is 5.32 Å². The Balaban J connectivity index is 2.02. The Hall–Kier alpha value is -1.84. The molecule has 1 heterocycles. The van der Waals surface area contributed by atoms with Gasteiger partial charge in [0.2, 0.25) is 5.95 Å². The quantitative estimate of drug-likeness (QED) is 0.879. The first kappa shape index (κ1) is 12.6. The number of nitrogens with one attached hydrogen (secondary N) is 1. The number of benzene rings is 1. The Morgan fingerprint density at radius 2 is 2.22 bits per heavy atom. The third kappa shape index (κ3) is 3.32. The number of rotatable bonds is 5. The number of aryl methyl sites for hydroxylation is 1. The molecule has 18 heavy (non-hydrogen) atoms. The van der Waals surface area contributed by atoms with Gasteiger partial charge in [0.25, 0.3) is 0 Å². The molecule has 0 aliphatic rings. The van der Waals surface area contributed by atoms with Crippen LogP contribution >= 0.6 is 0 Å². The highest BCUT2D eigenvalue weighted by Gasteiger charge is 2.04. The van der Waals surface area contributed by atoms with Crippen LogP contribution in [0.2, 0.25) is 0 Å². The van der Waals surface area contributed by atoms with Gasteiger partial charge in [0, 0.05) is 6.04 Å². The number of anilines is 1. The Morgan fingerprint density at radius 3 is 2.94 bits per heavy atom. The molecule has 2 aromatic rings. The fraction of sp³-hybridized carbons (Fsp3) is 0.429. The summed E-state index contributed by atoms with van der Waals surface area (Å²) < 4.78 is 1.86. The van der Waals surface area contributed by atoms with Gasteiger partial charge >= 0.3 is 0 Å². The molecule has 0 aliphatic heterocycles. The summed E-state index contributed by atoms with van der Waals surface area (Å²) >= 11 is 0. The Labute approximate surface area is 108 Å². The first-order chi connectivity index (χ1) is 8.67. The van der Waals surface area contributed by atoms with E-state index in [2.05, 4.69) is 60.4 Å². The van der Waals surface area contributed by atoms with E-state index in [1.807, 2.05) is 4.68 Å². The van der Waals surface area contributed by atoms with Gasteiger partial charge in [-0.25, -0.2) is 9.67 Å². The number of hydrogen-bond donors (Lipinski definition) is 1. The van der Waals surface area contributed by atoms with Gasteiger partial charge in [-0.3, -0.25) is 0 Å². The summed E-state index contributed by atoms with van der Waals surface area (Å²) in [6, 6.07) is 8.85. The van der Waals surface area contributed by atoms with Crippen LogP contribution in [0.1, 0.15) is 31.4 Å². The van der Waals surface area contributed by atoms with E-state index in [0.29, 0.717) is 12.0 Å². The third-order valence-corrected chi connectivity index (χ3v) is 2.95. The third-order valence-electron chi connectivity index (χ3n) is 2.95. The fourth-order valence-corrected chi connectivity index (χ4v) is 1.76. The molecule has 0 fully saturated rings. The van der Waals surface area contributed by atoms with Gasteiger partial charge in [0.1, 0.15) is 6.33 Å². The Morgan fingerprint density at radius 1 is 1.39 bits per heavy atom. The molecule has 0 spiro atoms. The Kier molecular flexibility index (Phi) is 3.97. The average Bonchev–Trinajstić information content (AvgIpc) is 2.76. The minimum atomic E-state index is 0.403. The first-order valence-corrected chi connectivity index (χ1v) is 6.39. The molecule has 96 valence electrons. The van der Waals surface area contributed by atoms with Gasteiger partial charge in [-0.15, -0.1) is 5.10 Å². The van der Waals surface area contributed by atoms with E-state index < -0.39 is 0 Å². The number of hydrogen-bond acceptors (Lipinski definition) is 3. The van der Waals surface area contributed by atoms with Crippen LogP contribution in [-0.2, 0) is 6.54 Å². The zero-order valence-electron chi connectivity index (χ0n) is 11.2. The zero-order chi connectivity index (χ0) is 13.0. The molecule has 0 aliphatic carbocycles. The monoisotopic (exact) mass is 244 g/mol. The number of nitrogens with zero attached hydrogens (tertiary/aromatic N) is 3. The SMILES string of the molecule is CCC(C)Nc1ncn(Cc2cccc(C)c2)n1. The molecule has 1 N–H and O–H groups in total. The molecule has 0 bridgehead atoms. The lowest BCUT2D eigenvalue weighted by Crippen LogP contribution is -2.14. The van der Waals surface area contributed by atoms with Crippen molar-refractivity contribution in [2.45, 2.75) is 39.8 Å². The topological polar surface area (TPSA) is 42.7 Å². The van der Waals surface area contributed by atoms with Crippen molar-refractivity contribution >= 4 is 5.95 Å². The molecule has 1 aromatic heterocycles. The van der Waals surface area contributed by atoms with E-state index in [1.165, 1.54) is 11.1 Å². The fourth-order valence-electron chi connectivity index (χ4n) is 1.76. The van der Waals surface area contributed by atoms with Gasteiger partial charge in [0.05, 0.1) is 6.54 Å². The number of aromatic nitrogens is 3.